The van der Waals surface area contributed by atoms with Crippen LogP contribution in [-0.2, 0) is 4.74 Å². The minimum atomic E-state index is -0.623. The summed E-state index contributed by atoms with van der Waals surface area (Å²) in [6.07, 6.45) is 7.48. The first-order chi connectivity index (χ1) is 17.4. The second kappa shape index (κ2) is 11.9. The van der Waals surface area contributed by atoms with Crippen molar-refractivity contribution in [2.45, 2.75) is 63.5 Å². The van der Waals surface area contributed by atoms with Gasteiger partial charge in [0.25, 0.3) is 5.91 Å². The summed E-state index contributed by atoms with van der Waals surface area (Å²) in [6.45, 7) is 2.05. The zero-order valence-electron chi connectivity index (χ0n) is 20.6. The Hall–Kier alpha value is -2.84. The Balaban J connectivity index is 1.54. The summed E-state index contributed by atoms with van der Waals surface area (Å²) < 4.78 is 21.6. The summed E-state index contributed by atoms with van der Waals surface area (Å²) in [6, 6.07) is 12.0. The average Bonchev–Trinajstić information content (AvgIpc) is 2.88. The Morgan fingerprint density at radius 1 is 1.22 bits per heavy atom. The fourth-order valence-corrected chi connectivity index (χ4v) is 5.25. The van der Waals surface area contributed by atoms with E-state index in [4.69, 9.17) is 15.5 Å². The van der Waals surface area contributed by atoms with Gasteiger partial charge < -0.3 is 15.8 Å². The van der Waals surface area contributed by atoms with E-state index in [1.807, 2.05) is 24.3 Å². The quantitative estimate of drug-likeness (QED) is 0.328. The van der Waals surface area contributed by atoms with Crippen molar-refractivity contribution in [1.29, 1.82) is 0 Å². The van der Waals surface area contributed by atoms with Crippen molar-refractivity contribution in [3.05, 3.63) is 75.8 Å². The normalized spacial score (nSPS) is 18.6. The Morgan fingerprint density at radius 2 is 2.00 bits per heavy atom. The third-order valence-corrected chi connectivity index (χ3v) is 7.36. The molecule has 1 heterocycles. The Kier molecular flexibility index (Phi) is 8.69. The molecular weight excluding hydrogens is 523 g/mol. The van der Waals surface area contributed by atoms with Gasteiger partial charge in [0.1, 0.15) is 17.3 Å². The monoisotopic (exact) mass is 554 g/mol. The predicted octanol–water partition coefficient (Wildman–Crippen LogP) is 6.57. The van der Waals surface area contributed by atoms with Crippen LogP contribution in [0, 0.1) is 5.82 Å². The first-order valence-electron chi connectivity index (χ1n) is 12.4. The lowest BCUT2D eigenvalue weighted by Crippen LogP contribution is -2.29. The number of nitrogens with zero attached hydrogens (tertiary/aromatic N) is 2. The SMILES string of the molecule is CCC[C@@H](NC(=O)c1ccc(-c2nc(C3CCC(OC)CC3)cnc2N)cc1F)c1cccc(Br)c1. The molecule has 1 amide bonds. The van der Waals surface area contributed by atoms with Crippen LogP contribution in [0.1, 0.15) is 79.0 Å². The Bertz CT molecular complexity index is 1210. The van der Waals surface area contributed by atoms with Gasteiger partial charge in [0.2, 0.25) is 0 Å². The highest BCUT2D eigenvalue weighted by atomic mass is 79.9. The van der Waals surface area contributed by atoms with Gasteiger partial charge in [0.15, 0.2) is 0 Å². The standard InChI is InChI=1S/C28H32BrFN4O2/c1-3-5-24(18-6-4-7-20(29)14-18)34-28(35)22-13-10-19(15-23(22)30)26-27(31)32-16-25(33-26)17-8-11-21(36-2)12-9-17/h4,6-7,10,13-17,21,24H,3,5,8-9,11-12H2,1-2H3,(H2,31,32)(H,34,35)/t17?,21?,24-/m1/s1. The van der Waals surface area contributed by atoms with Gasteiger partial charge in [-0.3, -0.25) is 4.79 Å². The lowest BCUT2D eigenvalue weighted by molar-refractivity contribution is 0.0655. The van der Waals surface area contributed by atoms with Gasteiger partial charge in [0, 0.05) is 23.1 Å². The van der Waals surface area contributed by atoms with Crippen molar-refractivity contribution in [2.75, 3.05) is 12.8 Å². The second-order valence-electron chi connectivity index (χ2n) is 9.30. The fourth-order valence-electron chi connectivity index (χ4n) is 4.83. The number of carbonyl (C=O) groups is 1. The lowest BCUT2D eigenvalue weighted by Gasteiger charge is -2.27. The Morgan fingerprint density at radius 3 is 2.67 bits per heavy atom. The van der Waals surface area contributed by atoms with Crippen LogP contribution in [0.2, 0.25) is 0 Å². The number of hydrogen-bond acceptors (Lipinski definition) is 5. The minimum absolute atomic E-state index is 0.0181. The molecule has 190 valence electrons. The molecule has 1 atom stereocenters. The third-order valence-electron chi connectivity index (χ3n) is 6.87. The van der Waals surface area contributed by atoms with E-state index < -0.39 is 11.7 Å². The molecule has 0 bridgehead atoms. The first kappa shape index (κ1) is 26.2. The van der Waals surface area contributed by atoms with E-state index in [1.165, 1.54) is 12.1 Å². The molecule has 4 rings (SSSR count). The number of rotatable bonds is 8. The number of nitrogen functional groups attached to an aromatic ring is 1. The zero-order valence-corrected chi connectivity index (χ0v) is 22.2. The number of benzene rings is 2. The number of anilines is 1. The van der Waals surface area contributed by atoms with E-state index in [2.05, 4.69) is 33.2 Å². The topological polar surface area (TPSA) is 90.1 Å². The van der Waals surface area contributed by atoms with E-state index in [9.17, 15) is 4.79 Å². The number of methoxy groups -OCH3 is 1. The van der Waals surface area contributed by atoms with Crippen LogP contribution in [0.25, 0.3) is 11.3 Å². The molecule has 0 unspecified atom stereocenters. The van der Waals surface area contributed by atoms with Crippen LogP contribution in [-0.4, -0.2) is 29.1 Å². The van der Waals surface area contributed by atoms with Crippen molar-refractivity contribution < 1.29 is 13.9 Å². The van der Waals surface area contributed by atoms with Gasteiger partial charge in [-0.15, -0.1) is 0 Å². The number of nitrogens with two attached hydrogens (primary N) is 1. The molecule has 1 fully saturated rings. The summed E-state index contributed by atoms with van der Waals surface area (Å²) in [7, 11) is 1.75. The number of nitrogens with one attached hydrogen (secondary N) is 1. The van der Waals surface area contributed by atoms with Crippen molar-refractivity contribution in [1.82, 2.24) is 15.3 Å². The van der Waals surface area contributed by atoms with E-state index in [0.29, 0.717) is 11.3 Å². The molecule has 2 aromatic carbocycles. The number of halogens is 2. The summed E-state index contributed by atoms with van der Waals surface area (Å²) in [4.78, 5) is 22.1. The number of hydrogen-bond donors (Lipinski definition) is 2. The molecule has 0 aliphatic heterocycles. The van der Waals surface area contributed by atoms with Gasteiger partial charge in [-0.25, -0.2) is 14.4 Å². The molecule has 1 saturated carbocycles. The maximum atomic E-state index is 15.2. The van der Waals surface area contributed by atoms with Gasteiger partial charge in [-0.2, -0.15) is 0 Å². The highest BCUT2D eigenvalue weighted by Gasteiger charge is 2.25. The van der Waals surface area contributed by atoms with Crippen LogP contribution in [0.15, 0.2) is 53.1 Å². The highest BCUT2D eigenvalue weighted by molar-refractivity contribution is 9.10. The molecule has 0 spiro atoms. The number of ether oxygens (including phenoxy) is 1. The molecule has 1 aliphatic rings. The van der Waals surface area contributed by atoms with Gasteiger partial charge in [-0.1, -0.05) is 47.5 Å². The molecule has 8 heteroatoms. The molecule has 0 radical (unpaired) electrons. The summed E-state index contributed by atoms with van der Waals surface area (Å²) in [5.74, 6) is -0.577. The zero-order chi connectivity index (χ0) is 25.7. The van der Waals surface area contributed by atoms with Crippen molar-refractivity contribution in [3.8, 4) is 11.3 Å². The molecular formula is C28H32BrFN4O2. The largest absolute Gasteiger partial charge is 0.382 e. The second-order valence-corrected chi connectivity index (χ2v) is 10.2. The Labute approximate surface area is 220 Å². The van der Waals surface area contributed by atoms with Gasteiger partial charge >= 0.3 is 0 Å². The lowest BCUT2D eigenvalue weighted by atomic mass is 9.85. The van der Waals surface area contributed by atoms with Crippen LogP contribution in [0.4, 0.5) is 10.2 Å². The van der Waals surface area contributed by atoms with Crippen LogP contribution in [0.5, 0.6) is 0 Å². The maximum absolute atomic E-state index is 15.2. The molecule has 0 saturated heterocycles. The smallest absolute Gasteiger partial charge is 0.254 e. The third kappa shape index (κ3) is 6.10. The summed E-state index contributed by atoms with van der Waals surface area (Å²) in [5, 5.41) is 2.99. The fraction of sp³-hybridized carbons (Fsp3) is 0.393. The van der Waals surface area contributed by atoms with Gasteiger partial charge in [-0.05, 0) is 61.9 Å². The number of amides is 1. The van der Waals surface area contributed by atoms with Crippen molar-refractivity contribution in [2.24, 2.45) is 0 Å². The van der Waals surface area contributed by atoms with E-state index in [-0.39, 0.29) is 29.4 Å². The van der Waals surface area contributed by atoms with Crippen LogP contribution in [0.3, 0.4) is 0 Å². The number of carbonyl (C=O) groups excluding carboxylic acids is 1. The molecule has 36 heavy (non-hydrogen) atoms. The van der Waals surface area contributed by atoms with Crippen LogP contribution >= 0.6 is 15.9 Å². The van der Waals surface area contributed by atoms with E-state index >= 15 is 4.39 Å². The number of aromatic nitrogens is 2. The van der Waals surface area contributed by atoms with E-state index in [0.717, 1.165) is 54.3 Å². The first-order valence-corrected chi connectivity index (χ1v) is 13.2. The maximum Gasteiger partial charge on any atom is 0.254 e. The minimum Gasteiger partial charge on any atom is -0.382 e. The average molecular weight is 555 g/mol. The summed E-state index contributed by atoms with van der Waals surface area (Å²) in [5.41, 5.74) is 8.86. The highest BCUT2D eigenvalue weighted by Crippen LogP contribution is 2.34. The van der Waals surface area contributed by atoms with Crippen molar-refractivity contribution in [3.63, 3.8) is 0 Å². The van der Waals surface area contributed by atoms with E-state index in [1.54, 1.807) is 19.4 Å². The molecule has 6 nitrogen and oxygen atoms in total. The van der Waals surface area contributed by atoms with Gasteiger partial charge in [0.05, 0.1) is 29.6 Å². The summed E-state index contributed by atoms with van der Waals surface area (Å²) >= 11 is 3.48. The van der Waals surface area contributed by atoms with Crippen LogP contribution < -0.4 is 11.1 Å². The molecule has 3 N–H and O–H groups in total. The van der Waals surface area contributed by atoms with Crippen molar-refractivity contribution >= 4 is 27.7 Å². The molecule has 1 aliphatic carbocycles. The molecule has 3 aromatic rings. The predicted molar refractivity (Wildman–Crippen MR) is 143 cm³/mol. The molecule has 1 aromatic heterocycles.